The third-order valence-corrected chi connectivity index (χ3v) is 7.20. The van der Waals surface area contributed by atoms with Gasteiger partial charge in [-0.2, -0.15) is 0 Å². The largest absolute Gasteiger partial charge is 0.320 e. The summed E-state index contributed by atoms with van der Waals surface area (Å²) in [6.07, 6.45) is 0. The molecule has 0 bridgehead atoms. The van der Waals surface area contributed by atoms with Gasteiger partial charge < -0.3 is 5.32 Å². The lowest BCUT2D eigenvalue weighted by Crippen LogP contribution is -2.16. The Morgan fingerprint density at radius 1 is 0.921 bits per heavy atom. The first-order chi connectivity index (χ1) is 18.4. The Hall–Kier alpha value is -4.01. The maximum absolute atomic E-state index is 13.6. The van der Waals surface area contributed by atoms with Crippen LogP contribution in [0, 0.1) is 20.8 Å². The van der Waals surface area contributed by atoms with Crippen molar-refractivity contribution in [3.8, 4) is 16.8 Å². The van der Waals surface area contributed by atoms with E-state index in [1.807, 2.05) is 99.6 Å². The molecule has 1 amide bonds. The predicted molar refractivity (Wildman–Crippen MR) is 152 cm³/mol. The number of benzene rings is 3. The van der Waals surface area contributed by atoms with Crippen LogP contribution in [0.3, 0.4) is 0 Å². The van der Waals surface area contributed by atoms with Crippen molar-refractivity contribution in [2.75, 3.05) is 5.32 Å². The number of hydrogen-bond donors (Lipinski definition) is 1. The molecule has 190 valence electrons. The van der Waals surface area contributed by atoms with E-state index in [9.17, 15) is 4.79 Å². The number of halogens is 1. The number of carbonyl (C=O) groups is 1. The number of nitrogens with zero attached hydrogens (tertiary/aromatic N) is 5. The summed E-state index contributed by atoms with van der Waals surface area (Å²) in [7, 11) is 0. The molecule has 0 aliphatic heterocycles. The zero-order chi connectivity index (χ0) is 26.6. The topological polar surface area (TPSA) is 85.6 Å². The lowest BCUT2D eigenvalue weighted by Gasteiger charge is -2.12. The van der Waals surface area contributed by atoms with E-state index in [2.05, 4.69) is 25.6 Å². The molecule has 2 heterocycles. The van der Waals surface area contributed by atoms with Gasteiger partial charge in [0.1, 0.15) is 0 Å². The number of nitrogens with one attached hydrogen (secondary N) is 1. The fourth-order valence-electron chi connectivity index (χ4n) is 4.06. The smallest absolute Gasteiger partial charge is 0.278 e. The summed E-state index contributed by atoms with van der Waals surface area (Å²) in [6, 6.07) is 25.2. The fraction of sp³-hybridized carbons (Fsp3) is 0.138. The number of hydrogen-bond acceptors (Lipinski definition) is 6. The number of carbonyl (C=O) groups excluding carboxylic acids is 1. The van der Waals surface area contributed by atoms with E-state index in [0.717, 1.165) is 28.1 Å². The van der Waals surface area contributed by atoms with E-state index in [-0.39, 0.29) is 11.6 Å². The Kier molecular flexibility index (Phi) is 7.53. The standard InChI is InChI=1S/C29H25ClN6OS/c1-18-13-14-22(16-24(18)30)36-26(17-38-29-31-19(2)15-20(3)32-29)27(34-35-36)28(37)33-25-12-8-7-11-23(25)21-9-5-4-6-10-21/h4-16H,17H2,1-3H3,(H,33,37). The van der Waals surface area contributed by atoms with Crippen LogP contribution < -0.4 is 5.32 Å². The lowest BCUT2D eigenvalue weighted by molar-refractivity contribution is 0.102. The molecule has 5 aromatic rings. The molecule has 5 rings (SSSR count). The van der Waals surface area contributed by atoms with Crippen LogP contribution in [0.15, 0.2) is 84.0 Å². The van der Waals surface area contributed by atoms with E-state index >= 15 is 0 Å². The molecular formula is C29H25ClN6OS. The van der Waals surface area contributed by atoms with Gasteiger partial charge in [0.2, 0.25) is 0 Å². The molecule has 0 fully saturated rings. The van der Waals surface area contributed by atoms with E-state index in [4.69, 9.17) is 11.6 Å². The number of rotatable bonds is 7. The molecule has 0 spiro atoms. The number of para-hydroxylation sites is 1. The normalized spacial score (nSPS) is 10.9. The van der Waals surface area contributed by atoms with Gasteiger partial charge in [-0.15, -0.1) is 5.10 Å². The Morgan fingerprint density at radius 2 is 1.63 bits per heavy atom. The predicted octanol–water partition coefficient (Wildman–Crippen LogP) is 6.85. The van der Waals surface area contributed by atoms with Crippen LogP contribution in [0.25, 0.3) is 16.8 Å². The molecule has 9 heteroatoms. The minimum absolute atomic E-state index is 0.224. The molecule has 0 saturated heterocycles. The fourth-order valence-corrected chi connectivity index (χ4v) is 5.18. The molecule has 0 radical (unpaired) electrons. The third-order valence-electron chi connectivity index (χ3n) is 5.94. The average molecular weight is 541 g/mol. The van der Waals surface area contributed by atoms with Gasteiger partial charge >= 0.3 is 0 Å². The average Bonchev–Trinajstić information content (AvgIpc) is 3.33. The first kappa shape index (κ1) is 25.6. The van der Waals surface area contributed by atoms with Crippen molar-refractivity contribution < 1.29 is 4.79 Å². The summed E-state index contributed by atoms with van der Waals surface area (Å²) < 4.78 is 1.65. The molecule has 0 aliphatic rings. The van der Waals surface area contributed by atoms with Crippen LogP contribution in [0.4, 0.5) is 5.69 Å². The summed E-state index contributed by atoms with van der Waals surface area (Å²) in [5.41, 5.74) is 6.88. The Bertz CT molecular complexity index is 1600. The molecule has 3 aromatic carbocycles. The molecule has 2 aromatic heterocycles. The van der Waals surface area contributed by atoms with Crippen LogP contribution in [0.5, 0.6) is 0 Å². The van der Waals surface area contributed by atoms with Crippen molar-refractivity contribution >= 4 is 35.0 Å². The van der Waals surface area contributed by atoms with Crippen molar-refractivity contribution in [2.45, 2.75) is 31.7 Å². The number of thioether (sulfide) groups is 1. The van der Waals surface area contributed by atoms with Crippen LogP contribution >= 0.6 is 23.4 Å². The Balaban J connectivity index is 1.51. The SMILES string of the molecule is Cc1cc(C)nc(SCc2c(C(=O)Nc3ccccc3-c3ccccc3)nnn2-c2ccc(C)c(Cl)c2)n1. The van der Waals surface area contributed by atoms with Crippen LogP contribution in [-0.2, 0) is 5.75 Å². The Morgan fingerprint density at radius 3 is 2.37 bits per heavy atom. The van der Waals surface area contributed by atoms with Gasteiger partial charge in [0.05, 0.1) is 11.4 Å². The zero-order valence-electron chi connectivity index (χ0n) is 21.1. The summed E-state index contributed by atoms with van der Waals surface area (Å²) in [4.78, 5) is 22.7. The Labute approximate surface area is 230 Å². The summed E-state index contributed by atoms with van der Waals surface area (Å²) in [6.45, 7) is 5.80. The summed E-state index contributed by atoms with van der Waals surface area (Å²) >= 11 is 7.83. The van der Waals surface area contributed by atoms with Gasteiger partial charge in [-0.25, -0.2) is 14.6 Å². The van der Waals surface area contributed by atoms with Crippen LogP contribution in [0.1, 0.15) is 33.1 Å². The first-order valence-corrected chi connectivity index (χ1v) is 13.4. The van der Waals surface area contributed by atoms with Gasteiger partial charge in [-0.3, -0.25) is 4.79 Å². The van der Waals surface area contributed by atoms with Crippen molar-refractivity contribution in [1.82, 2.24) is 25.0 Å². The van der Waals surface area contributed by atoms with Crippen molar-refractivity contribution in [3.63, 3.8) is 0 Å². The quantitative estimate of drug-likeness (QED) is 0.179. The molecule has 1 N–H and O–H groups in total. The second-order valence-electron chi connectivity index (χ2n) is 8.82. The highest BCUT2D eigenvalue weighted by Crippen LogP contribution is 2.30. The van der Waals surface area contributed by atoms with E-state index < -0.39 is 0 Å². The monoisotopic (exact) mass is 540 g/mol. The molecule has 0 saturated carbocycles. The number of aryl methyl sites for hydroxylation is 3. The van der Waals surface area contributed by atoms with Crippen molar-refractivity contribution in [2.24, 2.45) is 0 Å². The second kappa shape index (κ2) is 11.2. The van der Waals surface area contributed by atoms with Gasteiger partial charge in [-0.05, 0) is 56.2 Å². The lowest BCUT2D eigenvalue weighted by atomic mass is 10.0. The zero-order valence-corrected chi connectivity index (χ0v) is 22.7. The van der Waals surface area contributed by atoms with E-state index in [1.54, 1.807) is 4.68 Å². The maximum Gasteiger partial charge on any atom is 0.278 e. The third kappa shape index (κ3) is 5.61. The number of aromatic nitrogens is 5. The van der Waals surface area contributed by atoms with E-state index in [1.165, 1.54) is 11.8 Å². The minimum atomic E-state index is -0.352. The van der Waals surface area contributed by atoms with Crippen LogP contribution in [0.2, 0.25) is 5.02 Å². The molecule has 0 unspecified atom stereocenters. The van der Waals surface area contributed by atoms with Gasteiger partial charge in [0.15, 0.2) is 10.9 Å². The van der Waals surface area contributed by atoms with Crippen molar-refractivity contribution in [3.05, 3.63) is 112 Å². The van der Waals surface area contributed by atoms with Gasteiger partial charge in [0, 0.05) is 33.4 Å². The highest BCUT2D eigenvalue weighted by Gasteiger charge is 2.23. The molecule has 7 nitrogen and oxygen atoms in total. The molecule has 0 aliphatic carbocycles. The molecule has 38 heavy (non-hydrogen) atoms. The minimum Gasteiger partial charge on any atom is -0.320 e. The highest BCUT2D eigenvalue weighted by molar-refractivity contribution is 7.98. The maximum atomic E-state index is 13.6. The van der Waals surface area contributed by atoms with Crippen molar-refractivity contribution in [1.29, 1.82) is 0 Å². The summed E-state index contributed by atoms with van der Waals surface area (Å²) in [5, 5.41) is 12.9. The first-order valence-electron chi connectivity index (χ1n) is 12.0. The van der Waals surface area contributed by atoms with Crippen LogP contribution in [-0.4, -0.2) is 30.9 Å². The molecular weight excluding hydrogens is 516 g/mol. The number of anilines is 1. The second-order valence-corrected chi connectivity index (χ2v) is 10.2. The highest BCUT2D eigenvalue weighted by atomic mass is 35.5. The number of amides is 1. The van der Waals surface area contributed by atoms with Gasteiger partial charge in [0.25, 0.3) is 5.91 Å². The summed E-state index contributed by atoms with van der Waals surface area (Å²) in [5.74, 6) is 0.0274. The van der Waals surface area contributed by atoms with Gasteiger partial charge in [-0.1, -0.05) is 83.2 Å². The van der Waals surface area contributed by atoms with E-state index in [0.29, 0.717) is 33.0 Å². The molecule has 0 atom stereocenters.